The molecule has 2 atom stereocenters. The molecule has 4 heterocycles. The zero-order valence-corrected chi connectivity index (χ0v) is 19.2. The summed E-state index contributed by atoms with van der Waals surface area (Å²) in [5, 5.41) is 12.6. The van der Waals surface area contributed by atoms with Gasteiger partial charge in [0.05, 0.1) is 5.52 Å². The molecule has 8 heteroatoms. The largest absolute Gasteiger partial charge is 0.350 e. The normalized spacial score (nSPS) is 17.8. The van der Waals surface area contributed by atoms with E-state index in [0.717, 1.165) is 36.1 Å². The minimum atomic E-state index is -0.104. The summed E-state index contributed by atoms with van der Waals surface area (Å²) in [7, 11) is 0. The molecule has 1 fully saturated rings. The van der Waals surface area contributed by atoms with E-state index in [9.17, 15) is 4.79 Å². The van der Waals surface area contributed by atoms with Crippen LogP contribution in [0.4, 0.5) is 0 Å². The minimum absolute atomic E-state index is 0.0720. The SMILES string of the molecule is CC(C)NC(=O)c1ccc2ccc(-c3nnc4ccc([C@@H](C)N5CC[C@@H](N)C5)cn34)nc2c1. The molecule has 0 unspecified atom stereocenters. The van der Waals surface area contributed by atoms with Crippen molar-refractivity contribution in [2.24, 2.45) is 5.73 Å². The number of rotatable bonds is 5. The van der Waals surface area contributed by atoms with Gasteiger partial charge < -0.3 is 11.1 Å². The minimum Gasteiger partial charge on any atom is -0.350 e. The molecule has 1 amide bonds. The number of hydrogen-bond donors (Lipinski definition) is 2. The number of nitrogens with zero attached hydrogens (tertiary/aromatic N) is 5. The fourth-order valence-electron chi connectivity index (χ4n) is 4.44. The summed E-state index contributed by atoms with van der Waals surface area (Å²) in [4.78, 5) is 19.7. The second kappa shape index (κ2) is 8.53. The van der Waals surface area contributed by atoms with Gasteiger partial charge in [-0.3, -0.25) is 14.1 Å². The molecule has 3 aromatic heterocycles. The molecular formula is C25H29N7O. The van der Waals surface area contributed by atoms with Crippen molar-refractivity contribution in [1.29, 1.82) is 0 Å². The van der Waals surface area contributed by atoms with Crippen LogP contribution in [-0.2, 0) is 0 Å². The first-order valence-electron chi connectivity index (χ1n) is 11.5. The van der Waals surface area contributed by atoms with Crippen molar-refractivity contribution in [3.8, 4) is 11.5 Å². The maximum Gasteiger partial charge on any atom is 0.251 e. The predicted octanol–water partition coefficient (Wildman–Crippen LogP) is 3.18. The molecule has 170 valence electrons. The lowest BCUT2D eigenvalue weighted by molar-refractivity contribution is 0.0943. The lowest BCUT2D eigenvalue weighted by Crippen LogP contribution is -2.29. The molecule has 1 saturated heterocycles. The van der Waals surface area contributed by atoms with Crippen LogP contribution in [-0.4, -0.2) is 55.6 Å². The smallest absolute Gasteiger partial charge is 0.251 e. The van der Waals surface area contributed by atoms with Crippen molar-refractivity contribution >= 4 is 22.5 Å². The summed E-state index contributed by atoms with van der Waals surface area (Å²) in [6, 6.07) is 14.2. The van der Waals surface area contributed by atoms with E-state index < -0.39 is 0 Å². The van der Waals surface area contributed by atoms with E-state index in [1.165, 1.54) is 5.56 Å². The molecule has 33 heavy (non-hydrogen) atoms. The number of aromatic nitrogens is 4. The average molecular weight is 444 g/mol. The number of nitrogens with two attached hydrogens (primary N) is 1. The lowest BCUT2D eigenvalue weighted by atomic mass is 10.1. The Morgan fingerprint density at radius 1 is 1.12 bits per heavy atom. The quantitative estimate of drug-likeness (QED) is 0.491. The molecule has 1 aliphatic rings. The first-order valence-corrected chi connectivity index (χ1v) is 11.5. The number of nitrogens with one attached hydrogen (secondary N) is 1. The van der Waals surface area contributed by atoms with E-state index in [-0.39, 0.29) is 24.0 Å². The molecule has 4 aromatic rings. The Balaban J connectivity index is 1.51. The second-order valence-electron chi connectivity index (χ2n) is 9.17. The summed E-state index contributed by atoms with van der Waals surface area (Å²) in [5.74, 6) is 0.573. The summed E-state index contributed by atoms with van der Waals surface area (Å²) < 4.78 is 1.99. The Bertz CT molecular complexity index is 1330. The van der Waals surface area contributed by atoms with Gasteiger partial charge in [0.2, 0.25) is 0 Å². The van der Waals surface area contributed by atoms with Gasteiger partial charge in [0, 0.05) is 48.4 Å². The van der Waals surface area contributed by atoms with Gasteiger partial charge in [-0.2, -0.15) is 0 Å². The highest BCUT2D eigenvalue weighted by atomic mass is 16.1. The van der Waals surface area contributed by atoms with Crippen molar-refractivity contribution in [1.82, 2.24) is 29.8 Å². The molecule has 1 aromatic carbocycles. The Kier molecular flexibility index (Phi) is 5.55. The maximum absolute atomic E-state index is 12.4. The third kappa shape index (κ3) is 4.19. The number of hydrogen-bond acceptors (Lipinski definition) is 6. The number of amides is 1. The highest BCUT2D eigenvalue weighted by Gasteiger charge is 2.25. The Labute approximate surface area is 192 Å². The van der Waals surface area contributed by atoms with Gasteiger partial charge in [0.1, 0.15) is 5.69 Å². The van der Waals surface area contributed by atoms with Gasteiger partial charge in [0.15, 0.2) is 11.5 Å². The zero-order chi connectivity index (χ0) is 23.1. The summed E-state index contributed by atoms with van der Waals surface area (Å²) in [6.45, 7) is 8.01. The van der Waals surface area contributed by atoms with Crippen LogP contribution in [0, 0.1) is 0 Å². The van der Waals surface area contributed by atoms with Crippen LogP contribution in [0.15, 0.2) is 48.7 Å². The van der Waals surface area contributed by atoms with Crippen molar-refractivity contribution < 1.29 is 4.79 Å². The molecule has 8 nitrogen and oxygen atoms in total. The van der Waals surface area contributed by atoms with Crippen molar-refractivity contribution in [2.75, 3.05) is 13.1 Å². The monoisotopic (exact) mass is 443 g/mol. The predicted molar refractivity (Wildman–Crippen MR) is 129 cm³/mol. The second-order valence-corrected chi connectivity index (χ2v) is 9.17. The van der Waals surface area contributed by atoms with E-state index in [1.807, 2.05) is 54.6 Å². The highest BCUT2D eigenvalue weighted by molar-refractivity contribution is 5.98. The van der Waals surface area contributed by atoms with Gasteiger partial charge in [-0.1, -0.05) is 18.2 Å². The van der Waals surface area contributed by atoms with Crippen LogP contribution in [0.5, 0.6) is 0 Å². The third-order valence-electron chi connectivity index (χ3n) is 6.31. The van der Waals surface area contributed by atoms with Crippen LogP contribution in [0.1, 0.15) is 49.2 Å². The molecule has 0 aliphatic carbocycles. The Morgan fingerprint density at radius 3 is 2.70 bits per heavy atom. The molecule has 0 saturated carbocycles. The van der Waals surface area contributed by atoms with E-state index in [4.69, 9.17) is 10.7 Å². The molecular weight excluding hydrogens is 414 g/mol. The molecule has 0 bridgehead atoms. The summed E-state index contributed by atoms with van der Waals surface area (Å²) in [6.07, 6.45) is 3.13. The number of likely N-dealkylation sites (tertiary alicyclic amines) is 1. The highest BCUT2D eigenvalue weighted by Crippen LogP contribution is 2.27. The molecule has 3 N–H and O–H groups in total. The molecule has 5 rings (SSSR count). The number of pyridine rings is 2. The number of fused-ring (bicyclic) bond motifs is 2. The number of carbonyl (C=O) groups excluding carboxylic acids is 1. The topological polar surface area (TPSA) is 101 Å². The van der Waals surface area contributed by atoms with Gasteiger partial charge in [-0.25, -0.2) is 4.98 Å². The molecule has 0 radical (unpaired) electrons. The van der Waals surface area contributed by atoms with Crippen molar-refractivity contribution in [3.05, 3.63) is 59.8 Å². The summed E-state index contributed by atoms with van der Waals surface area (Å²) >= 11 is 0. The van der Waals surface area contributed by atoms with E-state index in [2.05, 4.69) is 39.6 Å². The van der Waals surface area contributed by atoms with Gasteiger partial charge in [-0.05, 0) is 57.0 Å². The number of carbonyl (C=O) groups is 1. The van der Waals surface area contributed by atoms with Crippen molar-refractivity contribution in [2.45, 2.75) is 45.3 Å². The van der Waals surface area contributed by atoms with Crippen LogP contribution in [0.2, 0.25) is 0 Å². The van der Waals surface area contributed by atoms with Crippen LogP contribution >= 0.6 is 0 Å². The molecule has 0 spiro atoms. The Morgan fingerprint density at radius 2 is 1.94 bits per heavy atom. The van der Waals surface area contributed by atoms with Crippen LogP contribution < -0.4 is 11.1 Å². The first-order chi connectivity index (χ1) is 15.9. The van der Waals surface area contributed by atoms with Gasteiger partial charge in [0.25, 0.3) is 5.91 Å². The number of benzene rings is 1. The standard InChI is InChI=1S/C25H29N7O/c1-15(2)27-25(33)18-5-4-17-6-8-21(28-22(17)12-18)24-30-29-23-9-7-19(13-32(23)24)16(3)31-11-10-20(26)14-31/h4-9,12-13,15-16,20H,10-11,14,26H2,1-3H3,(H,27,33)/t16-,20-/m1/s1. The Hall–Kier alpha value is -3.36. The first kappa shape index (κ1) is 21.5. The maximum atomic E-state index is 12.4. The van der Waals surface area contributed by atoms with Crippen LogP contribution in [0.3, 0.4) is 0 Å². The van der Waals surface area contributed by atoms with E-state index in [0.29, 0.717) is 17.1 Å². The van der Waals surface area contributed by atoms with E-state index >= 15 is 0 Å². The zero-order valence-electron chi connectivity index (χ0n) is 19.2. The van der Waals surface area contributed by atoms with Crippen LogP contribution in [0.25, 0.3) is 28.1 Å². The fourth-order valence-corrected chi connectivity index (χ4v) is 4.44. The molecule has 1 aliphatic heterocycles. The van der Waals surface area contributed by atoms with Gasteiger partial charge in [-0.15, -0.1) is 10.2 Å². The third-order valence-corrected chi connectivity index (χ3v) is 6.31. The van der Waals surface area contributed by atoms with E-state index in [1.54, 1.807) is 0 Å². The van der Waals surface area contributed by atoms with Crippen molar-refractivity contribution in [3.63, 3.8) is 0 Å². The summed E-state index contributed by atoms with van der Waals surface area (Å²) in [5.41, 5.74) is 10.1. The van der Waals surface area contributed by atoms with Gasteiger partial charge >= 0.3 is 0 Å². The fraction of sp³-hybridized carbons (Fsp3) is 0.360. The average Bonchev–Trinajstić information content (AvgIpc) is 3.43. The lowest BCUT2D eigenvalue weighted by Gasteiger charge is -2.24.